The molecule has 1 aliphatic heterocycles. The zero-order valence-electron chi connectivity index (χ0n) is 13.4. The Hall–Kier alpha value is -1.13. The van der Waals surface area contributed by atoms with E-state index in [2.05, 4.69) is 41.2 Å². The first-order valence-electron chi connectivity index (χ1n) is 8.13. The van der Waals surface area contributed by atoms with Crippen LogP contribution in [0.1, 0.15) is 32.3 Å². The fourth-order valence-corrected chi connectivity index (χ4v) is 3.40. The van der Waals surface area contributed by atoms with Crippen LogP contribution in [-0.4, -0.2) is 42.2 Å². The summed E-state index contributed by atoms with van der Waals surface area (Å²) in [6.45, 7) is 7.92. The second-order valence-electron chi connectivity index (χ2n) is 6.80. The fourth-order valence-electron chi connectivity index (χ4n) is 3.40. The number of ether oxygens (including phenoxy) is 1. The van der Waals surface area contributed by atoms with E-state index in [1.165, 1.54) is 18.4 Å². The van der Waals surface area contributed by atoms with Gasteiger partial charge in [-0.05, 0) is 36.3 Å². The highest BCUT2D eigenvalue weighted by molar-refractivity contribution is 5.20. The molecule has 2 unspecified atom stereocenters. The number of nitrogens with one attached hydrogen (secondary N) is 1. The lowest BCUT2D eigenvalue weighted by molar-refractivity contribution is 0.0851. The standard InChI is InChI=1S/C17H27N3O/c1-12(2)16-9-19-15(14-4-5-14)11-20(16)10-13-6-7-18-17(8-13)21-3/h6-8,12,14-16,19H,4-5,9-11H2,1-3H3. The van der Waals surface area contributed by atoms with Crippen LogP contribution >= 0.6 is 0 Å². The molecule has 3 rings (SSSR count). The Morgan fingerprint density at radius 3 is 2.90 bits per heavy atom. The van der Waals surface area contributed by atoms with E-state index in [1.807, 2.05) is 6.20 Å². The monoisotopic (exact) mass is 289 g/mol. The highest BCUT2D eigenvalue weighted by Gasteiger charge is 2.37. The van der Waals surface area contributed by atoms with Gasteiger partial charge in [-0.1, -0.05) is 13.8 Å². The van der Waals surface area contributed by atoms with Gasteiger partial charge in [0.25, 0.3) is 0 Å². The maximum atomic E-state index is 5.25. The molecule has 2 atom stereocenters. The average Bonchev–Trinajstić information content (AvgIpc) is 3.32. The first-order chi connectivity index (χ1) is 10.2. The number of pyridine rings is 1. The number of hydrogen-bond acceptors (Lipinski definition) is 4. The third kappa shape index (κ3) is 3.55. The average molecular weight is 289 g/mol. The van der Waals surface area contributed by atoms with Gasteiger partial charge in [0.05, 0.1) is 7.11 Å². The fraction of sp³-hybridized carbons (Fsp3) is 0.706. The van der Waals surface area contributed by atoms with Gasteiger partial charge in [0, 0.05) is 44.0 Å². The van der Waals surface area contributed by atoms with Crippen LogP contribution in [0, 0.1) is 11.8 Å². The van der Waals surface area contributed by atoms with E-state index in [-0.39, 0.29) is 0 Å². The van der Waals surface area contributed by atoms with Gasteiger partial charge in [0.15, 0.2) is 0 Å². The lowest BCUT2D eigenvalue weighted by Gasteiger charge is -2.42. The van der Waals surface area contributed by atoms with Crippen LogP contribution in [0.4, 0.5) is 0 Å². The van der Waals surface area contributed by atoms with E-state index >= 15 is 0 Å². The van der Waals surface area contributed by atoms with E-state index in [4.69, 9.17) is 4.74 Å². The third-order valence-electron chi connectivity index (χ3n) is 4.84. The molecule has 4 heteroatoms. The van der Waals surface area contributed by atoms with Crippen molar-refractivity contribution in [3.63, 3.8) is 0 Å². The molecule has 1 aromatic rings. The SMILES string of the molecule is COc1cc(CN2CC(C3CC3)NCC2C(C)C)ccn1. The van der Waals surface area contributed by atoms with Crippen molar-refractivity contribution in [1.82, 2.24) is 15.2 Å². The lowest BCUT2D eigenvalue weighted by atomic mass is 9.96. The van der Waals surface area contributed by atoms with Crippen LogP contribution in [0.2, 0.25) is 0 Å². The number of nitrogens with zero attached hydrogens (tertiary/aromatic N) is 2. The smallest absolute Gasteiger partial charge is 0.213 e. The zero-order valence-corrected chi connectivity index (χ0v) is 13.4. The Balaban J connectivity index is 1.71. The molecule has 1 aromatic heterocycles. The number of hydrogen-bond donors (Lipinski definition) is 1. The van der Waals surface area contributed by atoms with Gasteiger partial charge in [0.2, 0.25) is 5.88 Å². The van der Waals surface area contributed by atoms with Crippen molar-refractivity contribution in [3.05, 3.63) is 23.9 Å². The molecule has 0 bridgehead atoms. The van der Waals surface area contributed by atoms with E-state index in [0.29, 0.717) is 23.9 Å². The Bertz CT molecular complexity index is 473. The molecule has 1 N–H and O–H groups in total. The maximum absolute atomic E-state index is 5.25. The van der Waals surface area contributed by atoms with Crippen molar-refractivity contribution >= 4 is 0 Å². The first kappa shape index (κ1) is 14.8. The zero-order chi connectivity index (χ0) is 14.8. The van der Waals surface area contributed by atoms with Crippen molar-refractivity contribution in [1.29, 1.82) is 0 Å². The van der Waals surface area contributed by atoms with Crippen LogP contribution in [0.5, 0.6) is 5.88 Å². The molecule has 21 heavy (non-hydrogen) atoms. The van der Waals surface area contributed by atoms with Crippen molar-refractivity contribution in [2.24, 2.45) is 11.8 Å². The Labute approximate surface area is 127 Å². The summed E-state index contributed by atoms with van der Waals surface area (Å²) in [5.74, 6) is 2.29. The highest BCUT2D eigenvalue weighted by Crippen LogP contribution is 2.35. The van der Waals surface area contributed by atoms with E-state index in [0.717, 1.165) is 25.6 Å². The Kier molecular flexibility index (Phi) is 4.45. The molecule has 0 aromatic carbocycles. The van der Waals surface area contributed by atoms with Gasteiger partial charge in [-0.15, -0.1) is 0 Å². The minimum atomic E-state index is 0.610. The normalized spacial score (nSPS) is 27.0. The molecule has 1 saturated carbocycles. The molecule has 2 aliphatic rings. The second-order valence-corrected chi connectivity index (χ2v) is 6.80. The van der Waals surface area contributed by atoms with E-state index in [9.17, 15) is 0 Å². The van der Waals surface area contributed by atoms with E-state index in [1.54, 1.807) is 7.11 Å². The number of rotatable bonds is 5. The van der Waals surface area contributed by atoms with Gasteiger partial charge < -0.3 is 10.1 Å². The molecular weight excluding hydrogens is 262 g/mol. The largest absolute Gasteiger partial charge is 0.481 e. The summed E-state index contributed by atoms with van der Waals surface area (Å²) in [6, 6.07) is 5.46. The minimum Gasteiger partial charge on any atom is -0.481 e. The molecule has 1 aliphatic carbocycles. The van der Waals surface area contributed by atoms with Gasteiger partial charge in [0.1, 0.15) is 0 Å². The van der Waals surface area contributed by atoms with Crippen molar-refractivity contribution < 1.29 is 4.74 Å². The Morgan fingerprint density at radius 1 is 1.43 bits per heavy atom. The summed E-state index contributed by atoms with van der Waals surface area (Å²) in [5, 5.41) is 3.77. The maximum Gasteiger partial charge on any atom is 0.213 e. The third-order valence-corrected chi connectivity index (χ3v) is 4.84. The van der Waals surface area contributed by atoms with Gasteiger partial charge >= 0.3 is 0 Å². The number of aromatic nitrogens is 1. The van der Waals surface area contributed by atoms with Crippen LogP contribution in [0.15, 0.2) is 18.3 Å². The molecule has 116 valence electrons. The van der Waals surface area contributed by atoms with Gasteiger partial charge in [-0.3, -0.25) is 4.90 Å². The quantitative estimate of drug-likeness (QED) is 0.902. The molecule has 1 saturated heterocycles. The first-order valence-corrected chi connectivity index (χ1v) is 8.13. The van der Waals surface area contributed by atoms with Crippen LogP contribution in [0.25, 0.3) is 0 Å². The predicted molar refractivity (Wildman–Crippen MR) is 84.3 cm³/mol. The van der Waals surface area contributed by atoms with E-state index < -0.39 is 0 Å². The summed E-state index contributed by atoms with van der Waals surface area (Å²) >= 11 is 0. The lowest BCUT2D eigenvalue weighted by Crippen LogP contribution is -2.58. The molecular formula is C17H27N3O. The minimum absolute atomic E-state index is 0.610. The molecule has 4 nitrogen and oxygen atoms in total. The molecule has 2 heterocycles. The highest BCUT2D eigenvalue weighted by atomic mass is 16.5. The topological polar surface area (TPSA) is 37.4 Å². The molecule has 2 fully saturated rings. The summed E-state index contributed by atoms with van der Waals surface area (Å²) in [5.41, 5.74) is 1.30. The molecule has 0 spiro atoms. The van der Waals surface area contributed by atoms with Crippen LogP contribution < -0.4 is 10.1 Å². The van der Waals surface area contributed by atoms with Crippen molar-refractivity contribution in [2.75, 3.05) is 20.2 Å². The molecule has 0 radical (unpaired) electrons. The van der Waals surface area contributed by atoms with Crippen LogP contribution in [0.3, 0.4) is 0 Å². The van der Waals surface area contributed by atoms with Crippen LogP contribution in [-0.2, 0) is 6.54 Å². The molecule has 0 amide bonds. The summed E-state index contributed by atoms with van der Waals surface area (Å²) in [4.78, 5) is 6.86. The van der Waals surface area contributed by atoms with Gasteiger partial charge in [-0.25, -0.2) is 4.98 Å². The predicted octanol–water partition coefficient (Wildman–Crippen LogP) is 2.30. The summed E-state index contributed by atoms with van der Waals surface area (Å²) < 4.78 is 5.25. The number of piperazine rings is 1. The van der Waals surface area contributed by atoms with Crippen molar-refractivity contribution in [3.8, 4) is 5.88 Å². The van der Waals surface area contributed by atoms with Crippen molar-refractivity contribution in [2.45, 2.75) is 45.3 Å². The number of methoxy groups -OCH3 is 1. The second kappa shape index (κ2) is 6.32. The summed E-state index contributed by atoms with van der Waals surface area (Å²) in [7, 11) is 1.68. The summed E-state index contributed by atoms with van der Waals surface area (Å²) in [6.07, 6.45) is 4.65. The Morgan fingerprint density at radius 2 is 2.24 bits per heavy atom. The van der Waals surface area contributed by atoms with Gasteiger partial charge in [-0.2, -0.15) is 0 Å².